The number of rotatable bonds is 8. The number of aromatic nitrogens is 2. The van der Waals surface area contributed by atoms with Crippen molar-refractivity contribution in [3.63, 3.8) is 0 Å². The number of amides is 1. The third-order valence-corrected chi connectivity index (χ3v) is 6.65. The standard InChI is InChI=1S/C31H26FN5O3/c32-26-7-1-23(2-8-26)21-36-13-15-37(16-14-36)31(39)28-11-6-25(20-34-28)29(38)17-24-5-12-30(35-19-24)40-27-9-3-22(18-33)4-10-27/h1-12,19-20H,13-17,21H2. The van der Waals surface area contributed by atoms with Gasteiger partial charge in [-0.15, -0.1) is 0 Å². The van der Waals surface area contributed by atoms with Gasteiger partial charge < -0.3 is 9.64 Å². The summed E-state index contributed by atoms with van der Waals surface area (Å²) in [5.41, 5.74) is 3.01. The van der Waals surface area contributed by atoms with Crippen LogP contribution in [0.4, 0.5) is 4.39 Å². The summed E-state index contributed by atoms with van der Waals surface area (Å²) in [6.07, 6.45) is 3.16. The van der Waals surface area contributed by atoms with Crippen molar-refractivity contribution >= 4 is 11.7 Å². The fraction of sp³-hybridized carbons (Fsp3) is 0.194. The molecule has 1 saturated heterocycles. The van der Waals surface area contributed by atoms with Crippen LogP contribution >= 0.6 is 0 Å². The van der Waals surface area contributed by atoms with Gasteiger partial charge in [0, 0.05) is 63.2 Å². The normalized spacial score (nSPS) is 13.4. The molecule has 0 unspecified atom stereocenters. The summed E-state index contributed by atoms with van der Waals surface area (Å²) >= 11 is 0. The minimum atomic E-state index is -0.252. The fourth-order valence-electron chi connectivity index (χ4n) is 4.39. The average molecular weight is 536 g/mol. The predicted octanol–water partition coefficient (Wildman–Crippen LogP) is 4.66. The Morgan fingerprint density at radius 2 is 1.57 bits per heavy atom. The van der Waals surface area contributed by atoms with Gasteiger partial charge in [0.05, 0.1) is 11.6 Å². The molecule has 3 heterocycles. The molecule has 2 aromatic heterocycles. The molecule has 1 fully saturated rings. The molecule has 8 nitrogen and oxygen atoms in total. The lowest BCUT2D eigenvalue weighted by Crippen LogP contribution is -2.48. The molecule has 1 aliphatic heterocycles. The molecule has 9 heteroatoms. The van der Waals surface area contributed by atoms with Crippen LogP contribution in [0.15, 0.2) is 85.2 Å². The second-order valence-electron chi connectivity index (χ2n) is 9.47. The van der Waals surface area contributed by atoms with E-state index in [-0.39, 0.29) is 23.9 Å². The van der Waals surface area contributed by atoms with Gasteiger partial charge in [0.1, 0.15) is 17.3 Å². The van der Waals surface area contributed by atoms with Gasteiger partial charge in [-0.1, -0.05) is 18.2 Å². The van der Waals surface area contributed by atoms with E-state index in [1.165, 1.54) is 18.3 Å². The van der Waals surface area contributed by atoms with Gasteiger partial charge in [0.2, 0.25) is 5.88 Å². The zero-order valence-corrected chi connectivity index (χ0v) is 21.7. The molecule has 0 spiro atoms. The SMILES string of the molecule is N#Cc1ccc(Oc2ccc(CC(=O)c3ccc(C(=O)N4CCN(Cc5ccc(F)cc5)CC4)nc3)cn2)cc1. The van der Waals surface area contributed by atoms with Crippen molar-refractivity contribution in [1.29, 1.82) is 5.26 Å². The zero-order chi connectivity index (χ0) is 27.9. The largest absolute Gasteiger partial charge is 0.439 e. The topological polar surface area (TPSA) is 99.4 Å². The molecule has 40 heavy (non-hydrogen) atoms. The van der Waals surface area contributed by atoms with Gasteiger partial charge in [0.15, 0.2) is 5.78 Å². The second-order valence-corrected chi connectivity index (χ2v) is 9.47. The van der Waals surface area contributed by atoms with Crippen molar-refractivity contribution in [2.24, 2.45) is 0 Å². The molecule has 0 radical (unpaired) electrons. The Morgan fingerprint density at radius 3 is 2.20 bits per heavy atom. The van der Waals surface area contributed by atoms with E-state index >= 15 is 0 Å². The fourth-order valence-corrected chi connectivity index (χ4v) is 4.39. The van der Waals surface area contributed by atoms with Gasteiger partial charge in [-0.05, 0) is 59.7 Å². The number of hydrogen-bond donors (Lipinski definition) is 0. The van der Waals surface area contributed by atoms with Gasteiger partial charge >= 0.3 is 0 Å². The number of halogens is 1. The first-order valence-corrected chi connectivity index (χ1v) is 12.8. The van der Waals surface area contributed by atoms with E-state index in [1.807, 2.05) is 0 Å². The predicted molar refractivity (Wildman–Crippen MR) is 145 cm³/mol. The summed E-state index contributed by atoms with van der Waals surface area (Å²) < 4.78 is 18.8. The summed E-state index contributed by atoms with van der Waals surface area (Å²) in [7, 11) is 0. The number of benzene rings is 2. The Bertz CT molecular complexity index is 1510. The molecular formula is C31H26FN5O3. The third kappa shape index (κ3) is 6.73. The van der Waals surface area contributed by atoms with Crippen molar-refractivity contribution in [3.8, 4) is 17.7 Å². The maximum absolute atomic E-state index is 13.1. The Kier molecular flexibility index (Phi) is 8.18. The van der Waals surface area contributed by atoms with Crippen molar-refractivity contribution in [2.45, 2.75) is 13.0 Å². The third-order valence-electron chi connectivity index (χ3n) is 6.65. The number of Topliss-reactive ketones (excluding diaryl/α,β-unsaturated/α-hetero) is 1. The van der Waals surface area contributed by atoms with Crippen LogP contribution in [0.25, 0.3) is 0 Å². The number of carbonyl (C=O) groups excluding carboxylic acids is 2. The quantitative estimate of drug-likeness (QED) is 0.303. The highest BCUT2D eigenvalue weighted by Crippen LogP contribution is 2.20. The maximum Gasteiger partial charge on any atom is 0.272 e. The van der Waals surface area contributed by atoms with Crippen LogP contribution in [-0.2, 0) is 13.0 Å². The van der Waals surface area contributed by atoms with E-state index in [0.717, 1.165) is 11.1 Å². The van der Waals surface area contributed by atoms with E-state index in [9.17, 15) is 14.0 Å². The molecule has 0 aliphatic carbocycles. The summed E-state index contributed by atoms with van der Waals surface area (Å²) in [6, 6.07) is 21.9. The number of pyridine rings is 2. The zero-order valence-electron chi connectivity index (χ0n) is 21.7. The highest BCUT2D eigenvalue weighted by molar-refractivity contribution is 5.98. The van der Waals surface area contributed by atoms with Crippen molar-refractivity contribution in [2.75, 3.05) is 26.2 Å². The van der Waals surface area contributed by atoms with Crippen LogP contribution in [0.1, 0.15) is 37.5 Å². The number of nitriles is 1. The first-order chi connectivity index (χ1) is 19.5. The molecule has 2 aromatic carbocycles. The Labute approximate surface area is 231 Å². The van der Waals surface area contributed by atoms with E-state index in [0.29, 0.717) is 61.2 Å². The van der Waals surface area contributed by atoms with Crippen LogP contribution in [0.2, 0.25) is 0 Å². The van der Waals surface area contributed by atoms with Crippen LogP contribution in [0, 0.1) is 17.1 Å². The number of nitrogens with zero attached hydrogens (tertiary/aromatic N) is 5. The molecule has 200 valence electrons. The van der Waals surface area contributed by atoms with E-state index in [2.05, 4.69) is 20.9 Å². The van der Waals surface area contributed by atoms with Gasteiger partial charge in [-0.2, -0.15) is 5.26 Å². The molecule has 0 bridgehead atoms. The second kappa shape index (κ2) is 12.3. The van der Waals surface area contributed by atoms with Crippen LogP contribution in [0.5, 0.6) is 11.6 Å². The van der Waals surface area contributed by atoms with E-state index < -0.39 is 0 Å². The molecule has 1 amide bonds. The molecular weight excluding hydrogens is 509 g/mol. The first kappa shape index (κ1) is 26.7. The van der Waals surface area contributed by atoms with Crippen molar-refractivity contribution in [1.82, 2.24) is 19.8 Å². The van der Waals surface area contributed by atoms with E-state index in [4.69, 9.17) is 10.00 Å². The molecule has 5 rings (SSSR count). The lowest BCUT2D eigenvalue weighted by Gasteiger charge is -2.34. The summed E-state index contributed by atoms with van der Waals surface area (Å²) in [5, 5.41) is 8.89. The van der Waals surface area contributed by atoms with Crippen LogP contribution in [0.3, 0.4) is 0 Å². The molecule has 0 saturated carbocycles. The number of carbonyl (C=O) groups is 2. The van der Waals surface area contributed by atoms with E-state index in [1.54, 1.807) is 71.8 Å². The minimum Gasteiger partial charge on any atom is -0.439 e. The monoisotopic (exact) mass is 535 g/mol. The average Bonchev–Trinajstić information content (AvgIpc) is 3.00. The number of ketones is 1. The lowest BCUT2D eigenvalue weighted by molar-refractivity contribution is 0.0622. The van der Waals surface area contributed by atoms with Crippen LogP contribution < -0.4 is 4.74 Å². The summed E-state index contributed by atoms with van der Waals surface area (Å²) in [4.78, 5) is 38.3. The number of piperazine rings is 1. The van der Waals surface area contributed by atoms with Gasteiger partial charge in [-0.25, -0.2) is 9.37 Å². The Hall–Kier alpha value is -4.94. The number of hydrogen-bond acceptors (Lipinski definition) is 7. The maximum atomic E-state index is 13.1. The van der Waals surface area contributed by atoms with Crippen LogP contribution in [-0.4, -0.2) is 57.6 Å². The van der Waals surface area contributed by atoms with Crippen molar-refractivity contribution in [3.05, 3.63) is 119 Å². The lowest BCUT2D eigenvalue weighted by atomic mass is 10.1. The van der Waals surface area contributed by atoms with Gasteiger partial charge in [0.25, 0.3) is 5.91 Å². The molecule has 0 N–H and O–H groups in total. The highest BCUT2D eigenvalue weighted by Gasteiger charge is 2.23. The molecule has 0 atom stereocenters. The Balaban J connectivity index is 1.11. The Morgan fingerprint density at radius 1 is 0.850 bits per heavy atom. The minimum absolute atomic E-state index is 0.134. The number of ether oxygens (including phenoxy) is 1. The molecule has 4 aromatic rings. The summed E-state index contributed by atoms with van der Waals surface area (Å²) in [5.74, 6) is 0.383. The smallest absolute Gasteiger partial charge is 0.272 e. The summed E-state index contributed by atoms with van der Waals surface area (Å²) in [6.45, 7) is 3.27. The van der Waals surface area contributed by atoms with Crippen molar-refractivity contribution < 1.29 is 18.7 Å². The van der Waals surface area contributed by atoms with Gasteiger partial charge in [-0.3, -0.25) is 19.5 Å². The first-order valence-electron chi connectivity index (χ1n) is 12.8. The molecule has 1 aliphatic rings. The highest BCUT2D eigenvalue weighted by atomic mass is 19.1.